The van der Waals surface area contributed by atoms with Gasteiger partial charge in [-0.25, -0.2) is 9.78 Å². The van der Waals surface area contributed by atoms with Crippen molar-refractivity contribution < 1.29 is 19.1 Å². The molecular weight excluding hydrogens is 434 g/mol. The predicted molar refractivity (Wildman–Crippen MR) is 129 cm³/mol. The molecule has 9 heteroatoms. The van der Waals surface area contributed by atoms with Crippen molar-refractivity contribution in [3.05, 3.63) is 65.5 Å². The van der Waals surface area contributed by atoms with Gasteiger partial charge in [0, 0.05) is 43.1 Å². The van der Waals surface area contributed by atoms with Gasteiger partial charge in [-0.05, 0) is 42.1 Å². The van der Waals surface area contributed by atoms with Crippen LogP contribution < -0.4 is 5.32 Å². The number of aryl methyl sites for hydroxylation is 1. The van der Waals surface area contributed by atoms with Crippen molar-refractivity contribution in [3.63, 3.8) is 0 Å². The molecule has 0 atom stereocenters. The number of nitrogens with zero attached hydrogens (tertiary/aromatic N) is 4. The number of aromatic nitrogens is 2. The van der Waals surface area contributed by atoms with Gasteiger partial charge in [-0.2, -0.15) is 0 Å². The van der Waals surface area contributed by atoms with Gasteiger partial charge in [-0.3, -0.25) is 14.9 Å². The molecule has 3 aromatic rings. The summed E-state index contributed by atoms with van der Waals surface area (Å²) in [6, 6.07) is 11.6. The number of ether oxygens (including phenoxy) is 1. The largest absolute Gasteiger partial charge is 0.465 e. The minimum Gasteiger partial charge on any atom is -0.465 e. The molecule has 34 heavy (non-hydrogen) atoms. The van der Waals surface area contributed by atoms with Crippen LogP contribution in [0.2, 0.25) is 0 Å². The molecule has 3 amide bonds. The smallest absolute Gasteiger partial charge is 0.325 e. The second-order valence-corrected chi connectivity index (χ2v) is 8.15. The lowest BCUT2D eigenvalue weighted by Gasteiger charge is -2.27. The Morgan fingerprint density at radius 3 is 2.82 bits per heavy atom. The summed E-state index contributed by atoms with van der Waals surface area (Å²) in [7, 11) is 3.76. The first kappa shape index (κ1) is 23.0. The topological polar surface area (TPSA) is 96.8 Å². The highest BCUT2D eigenvalue weighted by Crippen LogP contribution is 2.23. The van der Waals surface area contributed by atoms with Gasteiger partial charge in [0.2, 0.25) is 5.91 Å². The number of rotatable bonds is 7. The molecule has 1 aliphatic heterocycles. The van der Waals surface area contributed by atoms with Gasteiger partial charge >= 0.3 is 12.0 Å². The summed E-state index contributed by atoms with van der Waals surface area (Å²) in [5.74, 6) is -0.161. The lowest BCUT2D eigenvalue weighted by molar-refractivity contribution is -0.143. The van der Waals surface area contributed by atoms with Crippen LogP contribution in [0.1, 0.15) is 23.7 Å². The lowest BCUT2D eigenvalue weighted by Crippen LogP contribution is -2.42. The van der Waals surface area contributed by atoms with E-state index in [9.17, 15) is 14.4 Å². The van der Waals surface area contributed by atoms with Crippen LogP contribution in [0.3, 0.4) is 0 Å². The van der Waals surface area contributed by atoms with E-state index in [4.69, 9.17) is 4.74 Å². The highest BCUT2D eigenvalue weighted by Gasteiger charge is 2.25. The van der Waals surface area contributed by atoms with E-state index < -0.39 is 12.0 Å². The molecule has 176 valence electrons. The predicted octanol–water partition coefficient (Wildman–Crippen LogP) is 3.16. The van der Waals surface area contributed by atoms with Crippen LogP contribution >= 0.6 is 0 Å². The summed E-state index contributed by atoms with van der Waals surface area (Å²) in [6.07, 6.45) is 4.79. The zero-order valence-corrected chi connectivity index (χ0v) is 19.4. The Bertz CT molecular complexity index is 1280. The number of esters is 1. The maximum absolute atomic E-state index is 12.7. The zero-order valence-electron chi connectivity index (χ0n) is 19.4. The van der Waals surface area contributed by atoms with E-state index in [0.29, 0.717) is 12.4 Å². The SMILES string of the molecule is CCOC(=O)CN1Cc2cc(/C=C\C(=O)N(C)Cc3cc4ccccc4n3C)cnc2NC1=O. The van der Waals surface area contributed by atoms with Gasteiger partial charge in [-0.1, -0.05) is 18.2 Å². The molecule has 1 aromatic carbocycles. The third-order valence-electron chi connectivity index (χ3n) is 5.73. The van der Waals surface area contributed by atoms with Crippen molar-refractivity contribution >= 4 is 40.7 Å². The molecule has 1 N–H and O–H groups in total. The van der Waals surface area contributed by atoms with Gasteiger partial charge < -0.3 is 19.1 Å². The van der Waals surface area contributed by atoms with Crippen molar-refractivity contribution in [2.75, 3.05) is 25.5 Å². The van der Waals surface area contributed by atoms with E-state index in [1.807, 2.05) is 25.2 Å². The molecule has 0 saturated heterocycles. The Kier molecular flexibility index (Phi) is 6.62. The third-order valence-corrected chi connectivity index (χ3v) is 5.73. The molecule has 2 aromatic heterocycles. The van der Waals surface area contributed by atoms with Gasteiger partial charge in [-0.15, -0.1) is 0 Å². The number of nitrogens with one attached hydrogen (secondary N) is 1. The average molecular weight is 462 g/mol. The monoisotopic (exact) mass is 461 g/mol. The first-order chi connectivity index (χ1) is 16.4. The first-order valence-corrected chi connectivity index (χ1v) is 11.0. The van der Waals surface area contributed by atoms with Crippen molar-refractivity contribution in [2.45, 2.75) is 20.0 Å². The average Bonchev–Trinajstić information content (AvgIpc) is 3.13. The van der Waals surface area contributed by atoms with Crippen LogP contribution in [0.15, 0.2) is 48.7 Å². The van der Waals surface area contributed by atoms with Crippen molar-refractivity contribution in [2.24, 2.45) is 7.05 Å². The van der Waals surface area contributed by atoms with Gasteiger partial charge in [0.15, 0.2) is 0 Å². The Morgan fingerprint density at radius 2 is 2.06 bits per heavy atom. The number of amides is 3. The quantitative estimate of drug-likeness (QED) is 0.431. The lowest BCUT2D eigenvalue weighted by atomic mass is 10.1. The number of carbonyl (C=O) groups excluding carboxylic acids is 3. The molecule has 1 aliphatic rings. The number of para-hydroxylation sites is 1. The van der Waals surface area contributed by atoms with Crippen molar-refractivity contribution in [1.29, 1.82) is 0 Å². The van der Waals surface area contributed by atoms with Crippen LogP contribution in [0, 0.1) is 0 Å². The molecular formula is C25H27N5O4. The molecule has 9 nitrogen and oxygen atoms in total. The zero-order chi connectivity index (χ0) is 24.2. The number of hydrogen-bond donors (Lipinski definition) is 1. The summed E-state index contributed by atoms with van der Waals surface area (Å²) in [6.45, 7) is 2.53. The molecule has 0 radical (unpaired) electrons. The number of likely N-dealkylation sites (N-methyl/N-ethyl adjacent to an activating group) is 1. The molecule has 0 saturated carbocycles. The Morgan fingerprint density at radius 1 is 1.26 bits per heavy atom. The van der Waals surface area contributed by atoms with Crippen LogP contribution in [-0.2, 0) is 34.5 Å². The van der Waals surface area contributed by atoms with Gasteiger partial charge in [0.1, 0.15) is 12.4 Å². The van der Waals surface area contributed by atoms with E-state index in [1.165, 1.54) is 11.0 Å². The molecule has 0 bridgehead atoms. The number of carbonyl (C=O) groups is 3. The summed E-state index contributed by atoms with van der Waals surface area (Å²) in [5.41, 5.74) is 3.64. The first-order valence-electron chi connectivity index (χ1n) is 11.0. The number of fused-ring (bicyclic) bond motifs is 2. The van der Waals surface area contributed by atoms with Crippen LogP contribution in [0.4, 0.5) is 10.6 Å². The van der Waals surface area contributed by atoms with E-state index in [2.05, 4.69) is 33.1 Å². The van der Waals surface area contributed by atoms with Gasteiger partial charge in [0.25, 0.3) is 0 Å². The van der Waals surface area contributed by atoms with Gasteiger partial charge in [0.05, 0.1) is 19.7 Å². The summed E-state index contributed by atoms with van der Waals surface area (Å²) in [4.78, 5) is 44.0. The number of benzene rings is 1. The third kappa shape index (κ3) is 4.93. The highest BCUT2D eigenvalue weighted by atomic mass is 16.5. The Balaban J connectivity index is 1.42. The minimum absolute atomic E-state index is 0.139. The molecule has 0 spiro atoms. The van der Waals surface area contributed by atoms with Crippen LogP contribution in [-0.4, -0.2) is 57.5 Å². The van der Waals surface area contributed by atoms with E-state index in [0.717, 1.165) is 27.7 Å². The fraction of sp³-hybridized carbons (Fsp3) is 0.280. The van der Waals surface area contributed by atoms with E-state index >= 15 is 0 Å². The van der Waals surface area contributed by atoms with Crippen molar-refractivity contribution in [1.82, 2.24) is 19.4 Å². The fourth-order valence-corrected chi connectivity index (χ4v) is 3.91. The summed E-state index contributed by atoms with van der Waals surface area (Å²) in [5, 5.41) is 3.82. The molecule has 0 unspecified atom stereocenters. The normalized spacial score (nSPS) is 13.1. The van der Waals surface area contributed by atoms with E-state index in [-0.39, 0.29) is 25.6 Å². The molecule has 0 fully saturated rings. The highest BCUT2D eigenvalue weighted by molar-refractivity contribution is 5.94. The summed E-state index contributed by atoms with van der Waals surface area (Å²) < 4.78 is 7.02. The number of urea groups is 1. The maximum Gasteiger partial charge on any atom is 0.325 e. The van der Waals surface area contributed by atoms with Crippen LogP contribution in [0.5, 0.6) is 0 Å². The second-order valence-electron chi connectivity index (χ2n) is 8.15. The Labute approximate surface area is 197 Å². The summed E-state index contributed by atoms with van der Waals surface area (Å²) >= 11 is 0. The molecule has 0 aliphatic carbocycles. The number of anilines is 1. The fourth-order valence-electron chi connectivity index (χ4n) is 3.91. The second kappa shape index (κ2) is 9.78. The Hall–Kier alpha value is -4.14. The van der Waals surface area contributed by atoms with Crippen LogP contribution in [0.25, 0.3) is 17.0 Å². The molecule has 4 rings (SSSR count). The minimum atomic E-state index is -0.468. The van der Waals surface area contributed by atoms with E-state index in [1.54, 1.807) is 31.1 Å². The maximum atomic E-state index is 12.7. The van der Waals surface area contributed by atoms with Crippen molar-refractivity contribution in [3.8, 4) is 0 Å². The molecule has 3 heterocycles. The standard InChI is InChI=1S/C25H27N5O4/c1-4-34-23(32)16-30-14-19-11-17(13-26-24(19)27-25(30)33)9-10-22(31)28(2)15-20-12-18-7-5-6-8-21(18)29(20)3/h5-13H,4,14-16H2,1-3H3,(H,26,27,33)/b10-9-. The number of pyridine rings is 1. The number of hydrogen-bond acceptors (Lipinski definition) is 5.